The SMILES string of the molecule is CCOCc1nc(NC)cc(Sc2nnc(C)o2)n1. The molecular weight excluding hydrogens is 266 g/mol. The van der Waals surface area contributed by atoms with Gasteiger partial charge in [0, 0.05) is 26.6 Å². The number of aryl methyl sites for hydroxylation is 1. The van der Waals surface area contributed by atoms with E-state index < -0.39 is 0 Å². The van der Waals surface area contributed by atoms with Gasteiger partial charge in [-0.3, -0.25) is 0 Å². The quantitative estimate of drug-likeness (QED) is 0.803. The molecule has 102 valence electrons. The smallest absolute Gasteiger partial charge is 0.282 e. The van der Waals surface area contributed by atoms with Crippen LogP contribution in [0.3, 0.4) is 0 Å². The first kappa shape index (κ1) is 13.8. The first-order valence-electron chi connectivity index (χ1n) is 5.82. The van der Waals surface area contributed by atoms with E-state index in [0.29, 0.717) is 30.2 Å². The Labute approximate surface area is 115 Å². The van der Waals surface area contributed by atoms with E-state index in [1.807, 2.05) is 13.0 Å². The van der Waals surface area contributed by atoms with E-state index in [1.54, 1.807) is 14.0 Å². The van der Waals surface area contributed by atoms with Crippen molar-refractivity contribution in [2.45, 2.75) is 30.7 Å². The van der Waals surface area contributed by atoms with Crippen molar-refractivity contribution in [2.75, 3.05) is 19.0 Å². The molecule has 7 nitrogen and oxygen atoms in total. The van der Waals surface area contributed by atoms with E-state index in [0.717, 1.165) is 10.8 Å². The van der Waals surface area contributed by atoms with Gasteiger partial charge in [0.25, 0.3) is 5.22 Å². The summed E-state index contributed by atoms with van der Waals surface area (Å²) in [6.45, 7) is 4.68. The molecule has 0 aliphatic carbocycles. The van der Waals surface area contributed by atoms with Gasteiger partial charge in [-0.15, -0.1) is 10.2 Å². The predicted molar refractivity (Wildman–Crippen MR) is 70.1 cm³/mol. The Balaban J connectivity index is 2.18. The molecule has 0 atom stereocenters. The van der Waals surface area contributed by atoms with Crippen LogP contribution in [0.2, 0.25) is 0 Å². The Bertz CT molecular complexity index is 546. The molecular formula is C11H15N5O2S. The van der Waals surface area contributed by atoms with E-state index in [9.17, 15) is 0 Å². The van der Waals surface area contributed by atoms with Crippen molar-refractivity contribution in [2.24, 2.45) is 0 Å². The first-order chi connectivity index (χ1) is 9.21. The van der Waals surface area contributed by atoms with Gasteiger partial charge in [-0.25, -0.2) is 9.97 Å². The molecule has 0 fully saturated rings. The van der Waals surface area contributed by atoms with Crippen LogP contribution in [0.15, 0.2) is 20.7 Å². The average molecular weight is 281 g/mol. The molecule has 0 radical (unpaired) electrons. The minimum Gasteiger partial charge on any atom is -0.416 e. The molecule has 8 heteroatoms. The highest BCUT2D eigenvalue weighted by atomic mass is 32.2. The maximum atomic E-state index is 5.31. The van der Waals surface area contributed by atoms with Crippen molar-refractivity contribution in [1.29, 1.82) is 0 Å². The summed E-state index contributed by atoms with van der Waals surface area (Å²) >= 11 is 1.30. The molecule has 0 aliphatic heterocycles. The summed E-state index contributed by atoms with van der Waals surface area (Å²) in [6, 6.07) is 1.82. The fraction of sp³-hybridized carbons (Fsp3) is 0.455. The van der Waals surface area contributed by atoms with Crippen molar-refractivity contribution in [3.8, 4) is 0 Å². The van der Waals surface area contributed by atoms with Crippen LogP contribution in [-0.4, -0.2) is 33.8 Å². The zero-order valence-corrected chi connectivity index (χ0v) is 11.8. The Hall–Kier alpha value is -1.67. The van der Waals surface area contributed by atoms with Gasteiger partial charge in [0.2, 0.25) is 5.89 Å². The van der Waals surface area contributed by atoms with E-state index >= 15 is 0 Å². The predicted octanol–water partition coefficient (Wildman–Crippen LogP) is 1.90. The second-order valence-corrected chi connectivity index (χ2v) is 4.56. The molecule has 1 N–H and O–H groups in total. The van der Waals surface area contributed by atoms with Crippen LogP contribution in [0.4, 0.5) is 5.82 Å². The molecule has 0 bridgehead atoms. The summed E-state index contributed by atoms with van der Waals surface area (Å²) in [4.78, 5) is 8.69. The molecule has 0 aromatic carbocycles. The number of aromatic nitrogens is 4. The van der Waals surface area contributed by atoms with Gasteiger partial charge in [0.1, 0.15) is 17.5 Å². The lowest BCUT2D eigenvalue weighted by atomic mass is 10.5. The molecule has 0 aliphatic rings. The molecule has 0 saturated carbocycles. The average Bonchev–Trinajstić information content (AvgIpc) is 2.81. The van der Waals surface area contributed by atoms with Crippen LogP contribution >= 0.6 is 11.8 Å². The molecule has 2 rings (SSSR count). The zero-order valence-electron chi connectivity index (χ0n) is 11.0. The molecule has 2 aromatic rings. The number of ether oxygens (including phenoxy) is 1. The second-order valence-electron chi connectivity index (χ2n) is 3.58. The number of anilines is 1. The van der Waals surface area contributed by atoms with Crippen molar-refractivity contribution in [3.05, 3.63) is 17.8 Å². The highest BCUT2D eigenvalue weighted by Gasteiger charge is 2.09. The highest BCUT2D eigenvalue weighted by molar-refractivity contribution is 7.99. The minimum atomic E-state index is 0.377. The van der Waals surface area contributed by atoms with Crippen LogP contribution < -0.4 is 5.32 Å². The normalized spacial score (nSPS) is 10.7. The Morgan fingerprint density at radius 3 is 2.84 bits per heavy atom. The molecule has 2 aromatic heterocycles. The van der Waals surface area contributed by atoms with Crippen LogP contribution in [0, 0.1) is 6.92 Å². The lowest BCUT2D eigenvalue weighted by Crippen LogP contribution is -2.03. The molecule has 2 heterocycles. The maximum absolute atomic E-state index is 5.31. The molecule has 0 amide bonds. The lowest BCUT2D eigenvalue weighted by Gasteiger charge is -2.06. The van der Waals surface area contributed by atoms with Gasteiger partial charge in [0.15, 0.2) is 5.82 Å². The number of hydrogen-bond acceptors (Lipinski definition) is 8. The summed E-state index contributed by atoms with van der Waals surface area (Å²) in [7, 11) is 1.80. The standard InChI is InChI=1S/C11H15N5O2S/c1-4-17-6-9-13-8(12-3)5-10(14-9)19-11-16-15-7(2)18-11/h5H,4,6H2,1-3H3,(H,12,13,14). The number of rotatable bonds is 6. The fourth-order valence-electron chi connectivity index (χ4n) is 1.32. The molecule has 0 saturated heterocycles. The van der Waals surface area contributed by atoms with Crippen LogP contribution in [-0.2, 0) is 11.3 Å². The van der Waals surface area contributed by atoms with E-state index in [2.05, 4.69) is 25.5 Å². The third-order valence-electron chi connectivity index (χ3n) is 2.14. The monoisotopic (exact) mass is 281 g/mol. The number of hydrogen-bond donors (Lipinski definition) is 1. The molecule has 0 spiro atoms. The van der Waals surface area contributed by atoms with Gasteiger partial charge in [0.05, 0.1) is 0 Å². The van der Waals surface area contributed by atoms with Gasteiger partial charge in [-0.1, -0.05) is 0 Å². The van der Waals surface area contributed by atoms with Gasteiger partial charge in [-0.2, -0.15) is 0 Å². The van der Waals surface area contributed by atoms with Crippen LogP contribution in [0.1, 0.15) is 18.6 Å². The number of nitrogens with zero attached hydrogens (tertiary/aromatic N) is 4. The third kappa shape index (κ3) is 3.90. The Morgan fingerprint density at radius 2 is 2.21 bits per heavy atom. The lowest BCUT2D eigenvalue weighted by molar-refractivity contribution is 0.128. The number of nitrogens with one attached hydrogen (secondary N) is 1. The minimum absolute atomic E-state index is 0.377. The Kier molecular flexibility index (Phi) is 4.69. The van der Waals surface area contributed by atoms with Crippen molar-refractivity contribution >= 4 is 17.6 Å². The van der Waals surface area contributed by atoms with Crippen LogP contribution in [0.25, 0.3) is 0 Å². The van der Waals surface area contributed by atoms with Crippen molar-refractivity contribution in [1.82, 2.24) is 20.2 Å². The topological polar surface area (TPSA) is 86.0 Å². The molecule has 19 heavy (non-hydrogen) atoms. The summed E-state index contributed by atoms with van der Waals surface area (Å²) in [5.74, 6) is 1.87. The Morgan fingerprint density at radius 1 is 1.37 bits per heavy atom. The van der Waals surface area contributed by atoms with Crippen molar-refractivity contribution < 1.29 is 9.15 Å². The van der Waals surface area contributed by atoms with Crippen LogP contribution in [0.5, 0.6) is 0 Å². The van der Waals surface area contributed by atoms with Gasteiger partial charge in [-0.05, 0) is 18.7 Å². The van der Waals surface area contributed by atoms with E-state index in [4.69, 9.17) is 9.15 Å². The summed E-state index contributed by atoms with van der Waals surface area (Å²) in [5, 5.41) is 11.9. The maximum Gasteiger partial charge on any atom is 0.282 e. The summed E-state index contributed by atoms with van der Waals surface area (Å²) < 4.78 is 10.6. The van der Waals surface area contributed by atoms with E-state index in [-0.39, 0.29) is 0 Å². The largest absolute Gasteiger partial charge is 0.416 e. The van der Waals surface area contributed by atoms with E-state index in [1.165, 1.54) is 11.8 Å². The second kappa shape index (κ2) is 6.48. The van der Waals surface area contributed by atoms with Gasteiger partial charge < -0.3 is 14.5 Å². The summed E-state index contributed by atoms with van der Waals surface area (Å²) in [5.41, 5.74) is 0. The third-order valence-corrected chi connectivity index (χ3v) is 2.90. The first-order valence-corrected chi connectivity index (χ1v) is 6.64. The molecule has 0 unspecified atom stereocenters. The zero-order chi connectivity index (χ0) is 13.7. The fourth-order valence-corrected chi connectivity index (χ4v) is 2.06. The van der Waals surface area contributed by atoms with Crippen molar-refractivity contribution in [3.63, 3.8) is 0 Å². The highest BCUT2D eigenvalue weighted by Crippen LogP contribution is 2.26. The summed E-state index contributed by atoms with van der Waals surface area (Å²) in [6.07, 6.45) is 0. The van der Waals surface area contributed by atoms with Gasteiger partial charge >= 0.3 is 0 Å².